The van der Waals surface area contributed by atoms with Gasteiger partial charge in [0.2, 0.25) is 5.88 Å². The second-order valence-corrected chi connectivity index (χ2v) is 3.54. The Hall–Kier alpha value is -1.60. The molecule has 1 heterocycles. The molecule has 0 saturated carbocycles. The quantitative estimate of drug-likeness (QED) is 0.685. The molecule has 0 spiro atoms. The third-order valence-electron chi connectivity index (χ3n) is 2.27. The maximum atomic E-state index is 8.73. The number of hydrogen-bond donors (Lipinski definition) is 0. The van der Waals surface area contributed by atoms with Gasteiger partial charge in [-0.2, -0.15) is 5.26 Å². The van der Waals surface area contributed by atoms with E-state index in [4.69, 9.17) is 10.00 Å². The lowest BCUT2D eigenvalue weighted by Crippen LogP contribution is -2.24. The van der Waals surface area contributed by atoms with E-state index in [1.807, 2.05) is 12.1 Å². The Morgan fingerprint density at radius 1 is 1.56 bits per heavy atom. The van der Waals surface area contributed by atoms with Crippen molar-refractivity contribution >= 4 is 0 Å². The summed E-state index contributed by atoms with van der Waals surface area (Å²) < 4.78 is 5.18. The minimum atomic E-state index is 0.436. The SMILES string of the molecule is CCCN(CC#N)Cc1cccnc1OC. The van der Waals surface area contributed by atoms with Crippen molar-refractivity contribution in [2.24, 2.45) is 0 Å². The zero-order chi connectivity index (χ0) is 11.8. The number of hydrogen-bond acceptors (Lipinski definition) is 4. The van der Waals surface area contributed by atoms with Crippen LogP contribution in [0.25, 0.3) is 0 Å². The summed E-state index contributed by atoms with van der Waals surface area (Å²) in [5.74, 6) is 0.640. The Labute approximate surface area is 96.5 Å². The Morgan fingerprint density at radius 2 is 2.38 bits per heavy atom. The van der Waals surface area contributed by atoms with Crippen molar-refractivity contribution in [3.8, 4) is 11.9 Å². The molecule has 0 aromatic carbocycles. The Kier molecular flexibility index (Phi) is 5.30. The number of aromatic nitrogens is 1. The van der Waals surface area contributed by atoms with Crippen LogP contribution in [-0.2, 0) is 6.54 Å². The number of nitrogens with zero attached hydrogens (tertiary/aromatic N) is 3. The third kappa shape index (κ3) is 3.52. The summed E-state index contributed by atoms with van der Waals surface area (Å²) in [5, 5.41) is 8.73. The van der Waals surface area contributed by atoms with Crippen molar-refractivity contribution in [1.82, 2.24) is 9.88 Å². The van der Waals surface area contributed by atoms with E-state index in [9.17, 15) is 0 Å². The van der Waals surface area contributed by atoms with E-state index in [0.717, 1.165) is 18.5 Å². The second-order valence-electron chi connectivity index (χ2n) is 3.54. The molecule has 0 N–H and O–H groups in total. The smallest absolute Gasteiger partial charge is 0.217 e. The van der Waals surface area contributed by atoms with E-state index in [2.05, 4.69) is 22.9 Å². The fraction of sp³-hybridized carbons (Fsp3) is 0.500. The van der Waals surface area contributed by atoms with Gasteiger partial charge in [0.05, 0.1) is 19.7 Å². The molecule has 4 heteroatoms. The Balaban J connectivity index is 2.72. The van der Waals surface area contributed by atoms with E-state index in [1.165, 1.54) is 0 Å². The van der Waals surface area contributed by atoms with Crippen molar-refractivity contribution < 1.29 is 4.74 Å². The first kappa shape index (κ1) is 12.5. The molecule has 0 fully saturated rings. The van der Waals surface area contributed by atoms with Crippen molar-refractivity contribution in [2.75, 3.05) is 20.2 Å². The van der Waals surface area contributed by atoms with Gasteiger partial charge in [-0.3, -0.25) is 4.90 Å². The molecule has 0 atom stereocenters. The predicted octanol–water partition coefficient (Wildman–Crippen LogP) is 1.83. The zero-order valence-corrected chi connectivity index (χ0v) is 9.81. The van der Waals surface area contributed by atoms with Crippen LogP contribution >= 0.6 is 0 Å². The van der Waals surface area contributed by atoms with Crippen LogP contribution in [0.4, 0.5) is 0 Å². The van der Waals surface area contributed by atoms with Crippen LogP contribution in [0.2, 0.25) is 0 Å². The lowest BCUT2D eigenvalue weighted by Gasteiger charge is -2.18. The summed E-state index contributed by atoms with van der Waals surface area (Å²) in [6, 6.07) is 6.04. The molecule has 4 nitrogen and oxygen atoms in total. The minimum absolute atomic E-state index is 0.436. The van der Waals surface area contributed by atoms with Crippen molar-refractivity contribution in [3.05, 3.63) is 23.9 Å². The normalized spacial score (nSPS) is 10.1. The van der Waals surface area contributed by atoms with Gasteiger partial charge in [-0.15, -0.1) is 0 Å². The molecule has 0 saturated heterocycles. The molecule has 1 aromatic heterocycles. The van der Waals surface area contributed by atoms with Gasteiger partial charge in [0.15, 0.2) is 0 Å². The van der Waals surface area contributed by atoms with E-state index < -0.39 is 0 Å². The lowest BCUT2D eigenvalue weighted by atomic mass is 10.2. The van der Waals surface area contributed by atoms with E-state index in [-0.39, 0.29) is 0 Å². The number of ether oxygens (including phenoxy) is 1. The highest BCUT2D eigenvalue weighted by molar-refractivity contribution is 5.25. The van der Waals surface area contributed by atoms with Crippen LogP contribution in [-0.4, -0.2) is 30.1 Å². The minimum Gasteiger partial charge on any atom is -0.481 e. The fourth-order valence-electron chi connectivity index (χ4n) is 1.60. The number of methoxy groups -OCH3 is 1. The highest BCUT2D eigenvalue weighted by Crippen LogP contribution is 2.15. The summed E-state index contributed by atoms with van der Waals surface area (Å²) in [5.41, 5.74) is 1.02. The molecule has 0 aliphatic carbocycles. The molecule has 0 unspecified atom stereocenters. The summed E-state index contributed by atoms with van der Waals surface area (Å²) in [7, 11) is 1.61. The molecular weight excluding hydrogens is 202 g/mol. The first-order chi connectivity index (χ1) is 7.81. The largest absolute Gasteiger partial charge is 0.481 e. The molecular formula is C12H17N3O. The summed E-state index contributed by atoms with van der Waals surface area (Å²) in [4.78, 5) is 6.22. The van der Waals surface area contributed by atoms with Gasteiger partial charge >= 0.3 is 0 Å². The van der Waals surface area contributed by atoms with E-state index in [0.29, 0.717) is 19.0 Å². The van der Waals surface area contributed by atoms with Gasteiger partial charge < -0.3 is 4.74 Å². The van der Waals surface area contributed by atoms with E-state index >= 15 is 0 Å². The standard InChI is InChI=1S/C12H17N3O/c1-3-8-15(9-6-13)10-11-5-4-7-14-12(11)16-2/h4-5,7H,3,8-10H2,1-2H3. The van der Waals surface area contributed by atoms with Gasteiger partial charge in [-0.05, 0) is 19.0 Å². The third-order valence-corrected chi connectivity index (χ3v) is 2.27. The van der Waals surface area contributed by atoms with Gasteiger partial charge in [0.25, 0.3) is 0 Å². The maximum Gasteiger partial charge on any atom is 0.217 e. The second kappa shape index (κ2) is 6.81. The molecule has 0 amide bonds. The average Bonchev–Trinajstić information content (AvgIpc) is 2.30. The highest BCUT2D eigenvalue weighted by atomic mass is 16.5. The first-order valence-electron chi connectivity index (χ1n) is 5.39. The summed E-state index contributed by atoms with van der Waals surface area (Å²) in [6.07, 6.45) is 2.74. The Bertz CT molecular complexity index is 360. The predicted molar refractivity (Wildman–Crippen MR) is 62.0 cm³/mol. The molecule has 0 aliphatic rings. The molecule has 86 valence electrons. The van der Waals surface area contributed by atoms with Gasteiger partial charge in [-0.1, -0.05) is 13.0 Å². The number of pyridine rings is 1. The maximum absolute atomic E-state index is 8.73. The summed E-state index contributed by atoms with van der Waals surface area (Å²) in [6.45, 7) is 4.15. The fourth-order valence-corrected chi connectivity index (χ4v) is 1.60. The first-order valence-corrected chi connectivity index (χ1v) is 5.39. The van der Waals surface area contributed by atoms with Crippen LogP contribution < -0.4 is 4.74 Å². The molecule has 0 bridgehead atoms. The van der Waals surface area contributed by atoms with Crippen LogP contribution in [0.3, 0.4) is 0 Å². The van der Waals surface area contributed by atoms with E-state index in [1.54, 1.807) is 13.3 Å². The number of rotatable bonds is 6. The topological polar surface area (TPSA) is 49.2 Å². The van der Waals surface area contributed by atoms with Gasteiger partial charge in [0, 0.05) is 18.3 Å². The molecule has 16 heavy (non-hydrogen) atoms. The zero-order valence-electron chi connectivity index (χ0n) is 9.81. The van der Waals surface area contributed by atoms with Gasteiger partial charge in [-0.25, -0.2) is 4.98 Å². The van der Waals surface area contributed by atoms with Crippen LogP contribution in [0, 0.1) is 11.3 Å². The molecule has 1 rings (SSSR count). The van der Waals surface area contributed by atoms with Crippen molar-refractivity contribution in [3.63, 3.8) is 0 Å². The monoisotopic (exact) mass is 219 g/mol. The van der Waals surface area contributed by atoms with Crippen LogP contribution in [0.15, 0.2) is 18.3 Å². The Morgan fingerprint density at radius 3 is 3.00 bits per heavy atom. The number of nitriles is 1. The summed E-state index contributed by atoms with van der Waals surface area (Å²) >= 11 is 0. The van der Waals surface area contributed by atoms with Crippen molar-refractivity contribution in [1.29, 1.82) is 5.26 Å². The molecule has 0 aliphatic heterocycles. The van der Waals surface area contributed by atoms with Crippen LogP contribution in [0.5, 0.6) is 5.88 Å². The highest BCUT2D eigenvalue weighted by Gasteiger charge is 2.08. The van der Waals surface area contributed by atoms with Gasteiger partial charge in [0.1, 0.15) is 0 Å². The molecule has 1 aromatic rings. The lowest BCUT2D eigenvalue weighted by molar-refractivity contribution is 0.289. The van der Waals surface area contributed by atoms with Crippen LogP contribution in [0.1, 0.15) is 18.9 Å². The molecule has 0 radical (unpaired) electrons. The van der Waals surface area contributed by atoms with Crippen molar-refractivity contribution in [2.45, 2.75) is 19.9 Å². The average molecular weight is 219 g/mol.